The molecule has 7 nitrogen and oxygen atoms in total. The van der Waals surface area contributed by atoms with Crippen molar-refractivity contribution in [1.82, 2.24) is 4.98 Å². The zero-order valence-electron chi connectivity index (χ0n) is 19.7. The zero-order valence-corrected chi connectivity index (χ0v) is 19.7. The standard InChI is InChI=1S/C22H22FNO4.C4H8O2/c1-26-22(6-8-27-9-7-22)17-11-18(23)13-19(12-17)28-14-16-10-15-4-2-3-5-20(15)24-21(16)25;1-3-6-4(2)5/h2-5,10-13H,6-9,14H2,1H3,(H,24,25);3H2,1-2H3. The summed E-state index contributed by atoms with van der Waals surface area (Å²) in [5.41, 5.74) is 1.18. The van der Waals surface area contributed by atoms with Crippen molar-refractivity contribution in [2.45, 2.75) is 38.9 Å². The number of hydrogen-bond acceptors (Lipinski definition) is 6. The molecule has 0 radical (unpaired) electrons. The summed E-state index contributed by atoms with van der Waals surface area (Å²) in [6.45, 7) is 4.83. The van der Waals surface area contributed by atoms with Crippen LogP contribution in [0.3, 0.4) is 0 Å². The predicted molar refractivity (Wildman–Crippen MR) is 126 cm³/mol. The Labute approximate surface area is 197 Å². The quantitative estimate of drug-likeness (QED) is 0.534. The molecule has 2 heterocycles. The lowest BCUT2D eigenvalue weighted by Gasteiger charge is -2.36. The van der Waals surface area contributed by atoms with Crippen molar-refractivity contribution in [1.29, 1.82) is 0 Å². The first kappa shape index (κ1) is 25.4. The van der Waals surface area contributed by atoms with Gasteiger partial charge in [-0.05, 0) is 42.1 Å². The van der Waals surface area contributed by atoms with Crippen molar-refractivity contribution in [3.05, 3.63) is 75.8 Å². The van der Waals surface area contributed by atoms with Crippen molar-refractivity contribution >= 4 is 16.9 Å². The first-order chi connectivity index (χ1) is 16.4. The number of carbonyl (C=O) groups excluding carboxylic acids is 1. The van der Waals surface area contributed by atoms with E-state index in [1.807, 2.05) is 24.3 Å². The Morgan fingerprint density at radius 3 is 2.53 bits per heavy atom. The van der Waals surface area contributed by atoms with Crippen molar-refractivity contribution in [3.8, 4) is 5.75 Å². The van der Waals surface area contributed by atoms with Crippen LogP contribution in [-0.4, -0.2) is 37.9 Å². The molecule has 1 N–H and O–H groups in total. The molecule has 4 rings (SSSR count). The molecule has 0 aliphatic carbocycles. The smallest absolute Gasteiger partial charge is 0.302 e. The Hall–Kier alpha value is -3.23. The maximum atomic E-state index is 14.3. The molecule has 182 valence electrons. The highest BCUT2D eigenvalue weighted by atomic mass is 19.1. The molecule has 1 aromatic heterocycles. The van der Waals surface area contributed by atoms with Gasteiger partial charge in [0.15, 0.2) is 0 Å². The molecule has 0 atom stereocenters. The van der Waals surface area contributed by atoms with Crippen LogP contribution in [0.15, 0.2) is 53.3 Å². The molecule has 0 unspecified atom stereocenters. The number of aromatic amines is 1. The Kier molecular flexibility index (Phi) is 8.79. The van der Waals surface area contributed by atoms with Crippen LogP contribution in [0.1, 0.15) is 37.8 Å². The fourth-order valence-corrected chi connectivity index (χ4v) is 3.88. The summed E-state index contributed by atoms with van der Waals surface area (Å²) >= 11 is 0. The molecule has 2 aromatic carbocycles. The number of rotatable bonds is 6. The number of ether oxygens (including phenoxy) is 4. The molecule has 1 fully saturated rings. The van der Waals surface area contributed by atoms with Crippen LogP contribution in [-0.2, 0) is 31.2 Å². The molecule has 34 heavy (non-hydrogen) atoms. The van der Waals surface area contributed by atoms with Gasteiger partial charge in [0.2, 0.25) is 0 Å². The van der Waals surface area contributed by atoms with E-state index in [4.69, 9.17) is 14.2 Å². The number of pyridine rings is 1. The maximum absolute atomic E-state index is 14.3. The monoisotopic (exact) mass is 471 g/mol. The number of H-pyrrole nitrogens is 1. The van der Waals surface area contributed by atoms with Crippen molar-refractivity contribution < 1.29 is 28.1 Å². The van der Waals surface area contributed by atoms with Gasteiger partial charge in [-0.25, -0.2) is 4.39 Å². The van der Waals surface area contributed by atoms with Crippen LogP contribution in [0.2, 0.25) is 0 Å². The molecule has 1 saturated heterocycles. The lowest BCUT2D eigenvalue weighted by molar-refractivity contribution is -0.140. The van der Waals surface area contributed by atoms with Crippen LogP contribution < -0.4 is 10.3 Å². The number of hydrogen-bond donors (Lipinski definition) is 1. The lowest BCUT2D eigenvalue weighted by atomic mass is 9.86. The van der Waals surface area contributed by atoms with Crippen molar-refractivity contribution in [2.24, 2.45) is 0 Å². The fraction of sp³-hybridized carbons (Fsp3) is 0.385. The number of nitrogens with one attached hydrogen (secondary N) is 1. The van der Waals surface area contributed by atoms with Gasteiger partial charge in [-0.15, -0.1) is 0 Å². The summed E-state index contributed by atoms with van der Waals surface area (Å²) in [6, 6.07) is 13.9. The minimum atomic E-state index is -0.584. The number of benzene rings is 2. The van der Waals surface area contributed by atoms with E-state index < -0.39 is 11.4 Å². The van der Waals surface area contributed by atoms with Crippen molar-refractivity contribution in [2.75, 3.05) is 26.9 Å². The van der Waals surface area contributed by atoms with Crippen molar-refractivity contribution in [3.63, 3.8) is 0 Å². The van der Waals surface area contributed by atoms with E-state index in [0.29, 0.717) is 44.0 Å². The third-order valence-corrected chi connectivity index (χ3v) is 5.66. The molecule has 0 saturated carbocycles. The summed E-state index contributed by atoms with van der Waals surface area (Å²) < 4.78 is 35.6. The molecular weight excluding hydrogens is 441 g/mol. The number of esters is 1. The van der Waals surface area contributed by atoms with E-state index >= 15 is 0 Å². The van der Waals surface area contributed by atoms with E-state index in [-0.39, 0.29) is 18.1 Å². The minimum Gasteiger partial charge on any atom is -0.489 e. The second-order valence-electron chi connectivity index (χ2n) is 7.91. The van der Waals surface area contributed by atoms with Gasteiger partial charge >= 0.3 is 5.97 Å². The SMILES string of the molecule is CCOC(C)=O.COC1(c2cc(F)cc(OCc3cc4ccccc4[nH]c3=O)c2)CCOCC1. The Morgan fingerprint density at radius 2 is 1.88 bits per heavy atom. The highest BCUT2D eigenvalue weighted by Crippen LogP contribution is 2.37. The van der Waals surface area contributed by atoms with Gasteiger partial charge in [0.1, 0.15) is 18.2 Å². The average molecular weight is 472 g/mol. The fourth-order valence-electron chi connectivity index (χ4n) is 3.88. The topological polar surface area (TPSA) is 86.9 Å². The van der Waals surface area contributed by atoms with Crippen LogP contribution >= 0.6 is 0 Å². The summed E-state index contributed by atoms with van der Waals surface area (Å²) in [5, 5.41) is 0.918. The zero-order chi connectivity index (χ0) is 24.6. The van der Waals surface area contributed by atoms with Crippen LogP contribution in [0.5, 0.6) is 5.75 Å². The highest BCUT2D eigenvalue weighted by Gasteiger charge is 2.35. The number of halogens is 1. The lowest BCUT2D eigenvalue weighted by Crippen LogP contribution is -2.35. The summed E-state index contributed by atoms with van der Waals surface area (Å²) in [4.78, 5) is 25.0. The van der Waals surface area contributed by atoms with E-state index in [1.54, 1.807) is 26.2 Å². The van der Waals surface area contributed by atoms with Gasteiger partial charge in [0.05, 0.1) is 17.8 Å². The van der Waals surface area contributed by atoms with E-state index in [1.165, 1.54) is 19.1 Å². The molecular formula is C26H30FNO6. The third-order valence-electron chi connectivity index (χ3n) is 5.66. The van der Waals surface area contributed by atoms with Crippen LogP contribution in [0.25, 0.3) is 10.9 Å². The van der Waals surface area contributed by atoms with Gasteiger partial charge < -0.3 is 23.9 Å². The number of fused-ring (bicyclic) bond motifs is 1. The first-order valence-corrected chi connectivity index (χ1v) is 11.2. The van der Waals surface area contributed by atoms with Gasteiger partial charge in [-0.3, -0.25) is 9.59 Å². The summed E-state index contributed by atoms with van der Waals surface area (Å²) in [5.74, 6) is -0.245. The average Bonchev–Trinajstić information content (AvgIpc) is 2.83. The molecule has 0 amide bonds. The highest BCUT2D eigenvalue weighted by molar-refractivity contribution is 5.78. The van der Waals surface area contributed by atoms with Gasteiger partial charge in [0.25, 0.3) is 5.56 Å². The van der Waals surface area contributed by atoms with E-state index in [9.17, 15) is 14.0 Å². The number of methoxy groups -OCH3 is 1. The Bertz CT molecular complexity index is 1170. The number of para-hydroxylation sites is 1. The van der Waals surface area contributed by atoms with Crippen LogP contribution in [0, 0.1) is 5.82 Å². The van der Waals surface area contributed by atoms with Gasteiger partial charge in [-0.2, -0.15) is 0 Å². The third kappa shape index (κ3) is 6.42. The Morgan fingerprint density at radius 1 is 1.15 bits per heavy atom. The second kappa shape index (κ2) is 11.8. The largest absolute Gasteiger partial charge is 0.489 e. The minimum absolute atomic E-state index is 0.0478. The number of carbonyl (C=O) groups is 1. The Balaban J connectivity index is 0.000000481. The van der Waals surface area contributed by atoms with Crippen LogP contribution in [0.4, 0.5) is 4.39 Å². The van der Waals surface area contributed by atoms with Gasteiger partial charge in [0, 0.05) is 51.7 Å². The molecule has 1 aliphatic heterocycles. The number of aromatic nitrogens is 1. The van der Waals surface area contributed by atoms with E-state index in [2.05, 4.69) is 9.72 Å². The normalized spacial score (nSPS) is 14.7. The van der Waals surface area contributed by atoms with Gasteiger partial charge in [-0.1, -0.05) is 18.2 Å². The molecule has 0 spiro atoms. The second-order valence-corrected chi connectivity index (χ2v) is 7.91. The summed E-state index contributed by atoms with van der Waals surface area (Å²) in [6.07, 6.45) is 1.30. The molecule has 0 bridgehead atoms. The molecule has 1 aliphatic rings. The molecule has 8 heteroatoms. The van der Waals surface area contributed by atoms with E-state index in [0.717, 1.165) is 16.5 Å². The summed E-state index contributed by atoms with van der Waals surface area (Å²) in [7, 11) is 1.63. The maximum Gasteiger partial charge on any atom is 0.302 e. The molecule has 3 aromatic rings. The first-order valence-electron chi connectivity index (χ1n) is 11.2. The predicted octanol–water partition coefficient (Wildman–Crippen LogP) is 4.47.